The van der Waals surface area contributed by atoms with Gasteiger partial charge in [-0.2, -0.15) is 0 Å². The molecule has 0 N–H and O–H groups in total. The Kier molecular flexibility index (Phi) is 8.42. The molecular formula is C33H34N2O2. The van der Waals surface area contributed by atoms with Crippen molar-refractivity contribution in [1.29, 1.82) is 0 Å². The van der Waals surface area contributed by atoms with Crippen LogP contribution in [0.3, 0.4) is 0 Å². The molecule has 1 aliphatic heterocycles. The van der Waals surface area contributed by atoms with Crippen LogP contribution in [0.15, 0.2) is 121 Å². The van der Waals surface area contributed by atoms with Crippen LogP contribution in [0.5, 0.6) is 0 Å². The number of hydrogen-bond donors (Lipinski definition) is 0. The molecule has 1 fully saturated rings. The third-order valence-electron chi connectivity index (χ3n) is 7.14. The normalized spacial score (nSPS) is 15.4. The predicted molar refractivity (Wildman–Crippen MR) is 148 cm³/mol. The second-order valence-corrected chi connectivity index (χ2v) is 9.56. The lowest BCUT2D eigenvalue weighted by molar-refractivity contribution is 0.0227. The number of hydrogen-bond acceptors (Lipinski definition) is 4. The van der Waals surface area contributed by atoms with E-state index in [-0.39, 0.29) is 18.1 Å². The first-order valence-corrected chi connectivity index (χ1v) is 13.2. The van der Waals surface area contributed by atoms with E-state index < -0.39 is 0 Å². The molecule has 1 unspecified atom stereocenters. The van der Waals surface area contributed by atoms with Gasteiger partial charge in [-0.1, -0.05) is 109 Å². The molecule has 0 aromatic heterocycles. The van der Waals surface area contributed by atoms with Crippen molar-refractivity contribution in [2.75, 3.05) is 32.7 Å². The number of benzene rings is 4. The maximum atomic E-state index is 12.8. The number of ether oxygens (including phenoxy) is 1. The van der Waals surface area contributed by atoms with E-state index >= 15 is 0 Å². The molecule has 37 heavy (non-hydrogen) atoms. The monoisotopic (exact) mass is 490 g/mol. The molecule has 1 saturated heterocycles. The molecular weight excluding hydrogens is 456 g/mol. The van der Waals surface area contributed by atoms with Crippen molar-refractivity contribution in [3.05, 3.63) is 144 Å². The molecule has 0 spiro atoms. The molecule has 4 heteroatoms. The van der Waals surface area contributed by atoms with Crippen LogP contribution in [0.4, 0.5) is 0 Å². The van der Waals surface area contributed by atoms with Crippen LogP contribution in [0.2, 0.25) is 0 Å². The second-order valence-electron chi connectivity index (χ2n) is 9.56. The maximum Gasteiger partial charge on any atom is 0.338 e. The second kappa shape index (κ2) is 12.5. The third kappa shape index (κ3) is 6.53. The van der Waals surface area contributed by atoms with E-state index in [4.69, 9.17) is 4.74 Å². The summed E-state index contributed by atoms with van der Waals surface area (Å²) in [5.74, 6) is -0.271. The van der Waals surface area contributed by atoms with Crippen molar-refractivity contribution >= 4 is 5.97 Å². The van der Waals surface area contributed by atoms with Crippen LogP contribution >= 0.6 is 0 Å². The molecule has 0 amide bonds. The van der Waals surface area contributed by atoms with Crippen molar-refractivity contribution in [2.24, 2.45) is 0 Å². The van der Waals surface area contributed by atoms with Crippen LogP contribution in [-0.2, 0) is 4.74 Å². The molecule has 1 heterocycles. The zero-order valence-electron chi connectivity index (χ0n) is 21.2. The summed E-state index contributed by atoms with van der Waals surface area (Å²) in [5, 5.41) is 0. The SMILES string of the molecule is O=C(OC(CCN1CCN(C(c2ccccc2)c2ccccc2)CC1)c1ccccc1)c1ccccc1. The zero-order chi connectivity index (χ0) is 25.3. The van der Waals surface area contributed by atoms with Crippen LogP contribution in [0, 0.1) is 0 Å². The molecule has 4 nitrogen and oxygen atoms in total. The van der Waals surface area contributed by atoms with Crippen molar-refractivity contribution in [1.82, 2.24) is 9.80 Å². The van der Waals surface area contributed by atoms with Gasteiger partial charge < -0.3 is 9.64 Å². The highest BCUT2D eigenvalue weighted by Crippen LogP contribution is 2.30. The minimum Gasteiger partial charge on any atom is -0.454 e. The molecule has 0 saturated carbocycles. The summed E-state index contributed by atoms with van der Waals surface area (Å²) in [6.07, 6.45) is 0.497. The van der Waals surface area contributed by atoms with E-state index in [0.29, 0.717) is 5.56 Å². The van der Waals surface area contributed by atoms with Gasteiger partial charge in [0, 0.05) is 39.1 Å². The summed E-state index contributed by atoms with van der Waals surface area (Å²) in [5.41, 5.74) is 4.29. The van der Waals surface area contributed by atoms with E-state index in [0.717, 1.165) is 44.7 Å². The fraction of sp³-hybridized carbons (Fsp3) is 0.242. The summed E-state index contributed by atoms with van der Waals surface area (Å²) >= 11 is 0. The van der Waals surface area contributed by atoms with Crippen LogP contribution in [0.1, 0.15) is 45.6 Å². The predicted octanol–water partition coefficient (Wildman–Crippen LogP) is 6.38. The number of carbonyl (C=O) groups is 1. The Bertz CT molecular complexity index is 1190. The summed E-state index contributed by atoms with van der Waals surface area (Å²) in [6, 6.07) is 41.2. The molecule has 0 radical (unpaired) electrons. The Morgan fingerprint density at radius 1 is 0.622 bits per heavy atom. The van der Waals surface area contributed by atoms with E-state index in [1.807, 2.05) is 48.5 Å². The number of esters is 1. The molecule has 0 bridgehead atoms. The molecule has 4 aromatic carbocycles. The van der Waals surface area contributed by atoms with Gasteiger partial charge in [0.15, 0.2) is 0 Å². The number of rotatable bonds is 9. The van der Waals surface area contributed by atoms with E-state index in [2.05, 4.69) is 70.5 Å². The van der Waals surface area contributed by atoms with Crippen molar-refractivity contribution in [2.45, 2.75) is 18.6 Å². The third-order valence-corrected chi connectivity index (χ3v) is 7.14. The molecule has 1 atom stereocenters. The Morgan fingerprint density at radius 2 is 1.08 bits per heavy atom. The maximum absolute atomic E-state index is 12.8. The molecule has 188 valence electrons. The Hall–Kier alpha value is -3.73. The Labute approximate surface area is 220 Å². The van der Waals surface area contributed by atoms with Crippen LogP contribution in [0.25, 0.3) is 0 Å². The molecule has 4 aromatic rings. The average molecular weight is 491 g/mol. The van der Waals surface area contributed by atoms with Gasteiger partial charge >= 0.3 is 5.97 Å². The molecule has 1 aliphatic rings. The highest BCUT2D eigenvalue weighted by molar-refractivity contribution is 5.89. The van der Waals surface area contributed by atoms with Gasteiger partial charge in [0.05, 0.1) is 11.6 Å². The number of nitrogens with zero attached hydrogens (tertiary/aromatic N) is 2. The first-order chi connectivity index (χ1) is 18.3. The number of piperazine rings is 1. The lowest BCUT2D eigenvalue weighted by atomic mass is 9.96. The van der Waals surface area contributed by atoms with E-state index in [1.54, 1.807) is 12.1 Å². The number of carbonyl (C=O) groups excluding carboxylic acids is 1. The average Bonchev–Trinajstić information content (AvgIpc) is 2.98. The minimum absolute atomic E-state index is 0.258. The van der Waals surface area contributed by atoms with Crippen LogP contribution in [-0.4, -0.2) is 48.5 Å². The Balaban J connectivity index is 1.23. The fourth-order valence-corrected chi connectivity index (χ4v) is 5.16. The lowest BCUT2D eigenvalue weighted by Gasteiger charge is -2.40. The first kappa shape index (κ1) is 24.9. The molecule has 0 aliphatic carbocycles. The summed E-state index contributed by atoms with van der Waals surface area (Å²) in [6.45, 7) is 4.86. The largest absolute Gasteiger partial charge is 0.454 e. The van der Waals surface area contributed by atoms with Crippen molar-refractivity contribution < 1.29 is 9.53 Å². The lowest BCUT2D eigenvalue weighted by Crippen LogP contribution is -2.48. The van der Waals surface area contributed by atoms with Gasteiger partial charge in [-0.05, 0) is 28.8 Å². The van der Waals surface area contributed by atoms with Crippen molar-refractivity contribution in [3.8, 4) is 0 Å². The summed E-state index contributed by atoms with van der Waals surface area (Å²) in [7, 11) is 0. The van der Waals surface area contributed by atoms with E-state index in [9.17, 15) is 4.79 Å². The fourth-order valence-electron chi connectivity index (χ4n) is 5.16. The quantitative estimate of drug-likeness (QED) is 0.255. The highest BCUT2D eigenvalue weighted by atomic mass is 16.5. The highest BCUT2D eigenvalue weighted by Gasteiger charge is 2.27. The smallest absolute Gasteiger partial charge is 0.338 e. The van der Waals surface area contributed by atoms with Crippen molar-refractivity contribution in [3.63, 3.8) is 0 Å². The topological polar surface area (TPSA) is 32.8 Å². The van der Waals surface area contributed by atoms with Gasteiger partial charge in [-0.3, -0.25) is 4.90 Å². The zero-order valence-corrected chi connectivity index (χ0v) is 21.2. The van der Waals surface area contributed by atoms with Gasteiger partial charge in [0.1, 0.15) is 6.10 Å². The van der Waals surface area contributed by atoms with Gasteiger partial charge in [0.25, 0.3) is 0 Å². The first-order valence-electron chi connectivity index (χ1n) is 13.2. The standard InChI is InChI=1S/C33H34N2O2/c36-33(30-19-11-4-12-20-30)37-31(27-13-5-1-6-14-27)21-22-34-23-25-35(26-24-34)32(28-15-7-2-8-16-28)29-17-9-3-10-18-29/h1-20,31-32H,21-26H2. The molecule has 5 rings (SSSR count). The summed E-state index contributed by atoms with van der Waals surface area (Å²) < 4.78 is 6.01. The Morgan fingerprint density at radius 3 is 1.59 bits per heavy atom. The van der Waals surface area contributed by atoms with Crippen LogP contribution < -0.4 is 0 Å². The van der Waals surface area contributed by atoms with E-state index in [1.165, 1.54) is 11.1 Å². The van der Waals surface area contributed by atoms with Gasteiger partial charge in [-0.25, -0.2) is 4.79 Å². The van der Waals surface area contributed by atoms with Gasteiger partial charge in [0.2, 0.25) is 0 Å². The van der Waals surface area contributed by atoms with Gasteiger partial charge in [-0.15, -0.1) is 0 Å². The summed E-state index contributed by atoms with van der Waals surface area (Å²) in [4.78, 5) is 17.9. The minimum atomic E-state index is -0.271.